The molecule has 1 atom stereocenters. The Morgan fingerprint density at radius 2 is 1.76 bits per heavy atom. The van der Waals surface area contributed by atoms with Gasteiger partial charge < -0.3 is 11.1 Å². The molecule has 108 valence electrons. The second-order valence-corrected chi connectivity index (χ2v) is 5.60. The smallest absolute Gasteiger partial charge is 0.318 e. The molecular weight excluding hydrogens is 381 g/mol. The summed E-state index contributed by atoms with van der Waals surface area (Å²) in [4.78, 5) is 23.1. The predicted molar refractivity (Wildman–Crippen MR) is 89.7 cm³/mol. The minimum absolute atomic E-state index is 0.493. The van der Waals surface area contributed by atoms with Crippen LogP contribution in [0.1, 0.15) is 11.6 Å². The van der Waals surface area contributed by atoms with Crippen molar-refractivity contribution in [1.29, 1.82) is 0 Å². The number of rotatable bonds is 4. The fourth-order valence-corrected chi connectivity index (χ4v) is 2.43. The molecule has 3 amide bonds. The summed E-state index contributed by atoms with van der Waals surface area (Å²) in [6.07, 6.45) is 0. The Balaban J connectivity index is 2.28. The van der Waals surface area contributed by atoms with Crippen LogP contribution in [0.5, 0.6) is 0 Å². The van der Waals surface area contributed by atoms with Gasteiger partial charge in [-0.2, -0.15) is 0 Å². The van der Waals surface area contributed by atoms with Crippen molar-refractivity contribution in [3.8, 4) is 0 Å². The first-order chi connectivity index (χ1) is 10.1. The summed E-state index contributed by atoms with van der Waals surface area (Å²) in [5, 5.41) is 5.23. The lowest BCUT2D eigenvalue weighted by Crippen LogP contribution is -2.40. The van der Waals surface area contributed by atoms with Crippen molar-refractivity contribution in [1.82, 2.24) is 5.32 Å². The summed E-state index contributed by atoms with van der Waals surface area (Å²) in [6.45, 7) is 0. The number of urea groups is 1. The molecule has 21 heavy (non-hydrogen) atoms. The van der Waals surface area contributed by atoms with E-state index in [1.807, 2.05) is 54.6 Å². The Morgan fingerprint density at radius 3 is 2.38 bits per heavy atom. The standard InChI is InChI=1S/C15H14IN3O2/c16-11-7-4-8-12(9-11)18-13(14(20)19-15(17)21)10-5-2-1-3-6-10/h1-9,13,18H,(H3,17,19,20,21)/t13-/m1/s1. The van der Waals surface area contributed by atoms with E-state index in [0.29, 0.717) is 0 Å². The minimum atomic E-state index is -0.870. The number of nitrogens with one attached hydrogen (secondary N) is 2. The van der Waals surface area contributed by atoms with Crippen LogP contribution in [0.15, 0.2) is 54.6 Å². The molecule has 0 spiro atoms. The summed E-state index contributed by atoms with van der Waals surface area (Å²) >= 11 is 2.19. The SMILES string of the molecule is NC(=O)NC(=O)[C@H](Nc1cccc(I)c1)c1ccccc1. The van der Waals surface area contributed by atoms with Crippen LogP contribution < -0.4 is 16.4 Å². The highest BCUT2D eigenvalue weighted by atomic mass is 127. The van der Waals surface area contributed by atoms with Crippen molar-refractivity contribution in [2.45, 2.75) is 6.04 Å². The van der Waals surface area contributed by atoms with Gasteiger partial charge in [0.05, 0.1) is 0 Å². The molecule has 5 nitrogen and oxygen atoms in total. The molecule has 6 heteroatoms. The highest BCUT2D eigenvalue weighted by molar-refractivity contribution is 14.1. The molecule has 0 bridgehead atoms. The molecule has 0 aliphatic carbocycles. The van der Waals surface area contributed by atoms with Crippen molar-refractivity contribution in [2.75, 3.05) is 5.32 Å². The zero-order valence-corrected chi connectivity index (χ0v) is 13.2. The number of benzene rings is 2. The van der Waals surface area contributed by atoms with E-state index in [4.69, 9.17) is 5.73 Å². The summed E-state index contributed by atoms with van der Waals surface area (Å²) in [5.74, 6) is -0.493. The molecule has 0 aromatic heterocycles. The highest BCUT2D eigenvalue weighted by Gasteiger charge is 2.21. The van der Waals surface area contributed by atoms with Gasteiger partial charge in [0.15, 0.2) is 0 Å². The molecule has 0 fully saturated rings. The molecule has 0 aliphatic rings. The van der Waals surface area contributed by atoms with Gasteiger partial charge in [-0.3, -0.25) is 10.1 Å². The van der Waals surface area contributed by atoms with Crippen LogP contribution in [0.25, 0.3) is 0 Å². The molecule has 0 heterocycles. The van der Waals surface area contributed by atoms with Crippen molar-refractivity contribution in [3.63, 3.8) is 0 Å². The monoisotopic (exact) mass is 395 g/mol. The van der Waals surface area contributed by atoms with Gasteiger partial charge in [0, 0.05) is 9.26 Å². The van der Waals surface area contributed by atoms with Gasteiger partial charge >= 0.3 is 6.03 Å². The third kappa shape index (κ3) is 4.45. The fourth-order valence-electron chi connectivity index (χ4n) is 1.88. The molecule has 0 radical (unpaired) electrons. The zero-order chi connectivity index (χ0) is 15.2. The van der Waals surface area contributed by atoms with Gasteiger partial charge in [0.1, 0.15) is 6.04 Å². The van der Waals surface area contributed by atoms with Gasteiger partial charge in [-0.1, -0.05) is 36.4 Å². The Morgan fingerprint density at radius 1 is 1.05 bits per heavy atom. The maximum Gasteiger partial charge on any atom is 0.318 e. The molecule has 0 aliphatic heterocycles. The van der Waals surface area contributed by atoms with E-state index in [1.165, 1.54) is 0 Å². The van der Waals surface area contributed by atoms with E-state index in [0.717, 1.165) is 14.8 Å². The number of carbonyl (C=O) groups is 2. The van der Waals surface area contributed by atoms with Crippen LogP contribution >= 0.6 is 22.6 Å². The van der Waals surface area contributed by atoms with Gasteiger partial charge in [0.25, 0.3) is 5.91 Å². The van der Waals surface area contributed by atoms with E-state index in [1.54, 1.807) is 0 Å². The first-order valence-electron chi connectivity index (χ1n) is 6.23. The quantitative estimate of drug-likeness (QED) is 0.696. The molecule has 0 saturated heterocycles. The lowest BCUT2D eigenvalue weighted by molar-refractivity contribution is -0.120. The Kier molecular flexibility index (Phi) is 5.15. The summed E-state index contributed by atoms with van der Waals surface area (Å²) in [5.41, 5.74) is 6.56. The van der Waals surface area contributed by atoms with E-state index >= 15 is 0 Å². The molecular formula is C15H14IN3O2. The lowest BCUT2D eigenvalue weighted by atomic mass is 10.1. The predicted octanol–water partition coefficient (Wildman–Crippen LogP) is 2.64. The highest BCUT2D eigenvalue weighted by Crippen LogP contribution is 2.21. The van der Waals surface area contributed by atoms with Crippen molar-refractivity contribution >= 4 is 40.2 Å². The summed E-state index contributed by atoms with van der Waals surface area (Å²) < 4.78 is 1.04. The Bertz CT molecular complexity index is 646. The number of amides is 3. The maximum absolute atomic E-state index is 12.2. The number of halogens is 1. The maximum atomic E-state index is 12.2. The largest absolute Gasteiger partial charge is 0.370 e. The third-order valence-corrected chi connectivity index (χ3v) is 3.45. The van der Waals surface area contributed by atoms with E-state index in [-0.39, 0.29) is 0 Å². The van der Waals surface area contributed by atoms with Crippen LogP contribution in [0.2, 0.25) is 0 Å². The lowest BCUT2D eigenvalue weighted by Gasteiger charge is -2.19. The van der Waals surface area contributed by atoms with E-state index < -0.39 is 18.0 Å². The number of primary amides is 1. The molecule has 4 N–H and O–H groups in total. The number of hydrogen-bond acceptors (Lipinski definition) is 3. The zero-order valence-electron chi connectivity index (χ0n) is 11.0. The molecule has 0 unspecified atom stereocenters. The molecule has 0 saturated carbocycles. The number of anilines is 1. The molecule has 2 aromatic carbocycles. The van der Waals surface area contributed by atoms with Crippen LogP contribution in [-0.2, 0) is 4.79 Å². The van der Waals surface area contributed by atoms with Crippen molar-refractivity contribution in [3.05, 3.63) is 63.7 Å². The average molecular weight is 395 g/mol. The number of hydrogen-bond donors (Lipinski definition) is 3. The second kappa shape index (κ2) is 7.07. The number of nitrogens with two attached hydrogens (primary N) is 1. The van der Waals surface area contributed by atoms with Crippen LogP contribution in [0, 0.1) is 3.57 Å². The molecule has 2 aromatic rings. The first kappa shape index (κ1) is 15.3. The van der Waals surface area contributed by atoms with Crippen LogP contribution in [-0.4, -0.2) is 11.9 Å². The molecule has 2 rings (SSSR count). The third-order valence-electron chi connectivity index (χ3n) is 2.78. The van der Waals surface area contributed by atoms with Crippen LogP contribution in [0.3, 0.4) is 0 Å². The second-order valence-electron chi connectivity index (χ2n) is 4.35. The van der Waals surface area contributed by atoms with Gasteiger partial charge in [0.2, 0.25) is 0 Å². The van der Waals surface area contributed by atoms with E-state index in [9.17, 15) is 9.59 Å². The first-order valence-corrected chi connectivity index (χ1v) is 7.31. The summed E-state index contributed by atoms with van der Waals surface area (Å²) in [6, 6.07) is 15.2. The van der Waals surface area contributed by atoms with Crippen LogP contribution in [0.4, 0.5) is 10.5 Å². The normalized spacial score (nSPS) is 11.5. The Hall–Kier alpha value is -2.09. The topological polar surface area (TPSA) is 84.2 Å². The summed E-state index contributed by atoms with van der Waals surface area (Å²) in [7, 11) is 0. The fraction of sp³-hybridized carbons (Fsp3) is 0.0667. The number of carbonyl (C=O) groups excluding carboxylic acids is 2. The number of imide groups is 1. The van der Waals surface area contributed by atoms with Gasteiger partial charge in [-0.15, -0.1) is 0 Å². The average Bonchev–Trinajstić information content (AvgIpc) is 2.45. The Labute approximate surface area is 136 Å². The van der Waals surface area contributed by atoms with Gasteiger partial charge in [-0.25, -0.2) is 4.79 Å². The minimum Gasteiger partial charge on any atom is -0.370 e. The van der Waals surface area contributed by atoms with E-state index in [2.05, 4.69) is 33.2 Å². The van der Waals surface area contributed by atoms with Gasteiger partial charge in [-0.05, 0) is 46.4 Å². The van der Waals surface area contributed by atoms with Crippen molar-refractivity contribution < 1.29 is 9.59 Å². The van der Waals surface area contributed by atoms with Crippen molar-refractivity contribution in [2.24, 2.45) is 5.73 Å².